The van der Waals surface area contributed by atoms with Gasteiger partial charge in [0.05, 0.1) is 0 Å². The van der Waals surface area contributed by atoms with E-state index in [2.05, 4.69) is 43.7 Å². The van der Waals surface area contributed by atoms with Crippen LogP contribution in [-0.4, -0.2) is 25.6 Å². The van der Waals surface area contributed by atoms with E-state index < -0.39 is 0 Å². The Balaban J connectivity index is 1.80. The van der Waals surface area contributed by atoms with Crippen LogP contribution in [0.4, 0.5) is 4.39 Å². The van der Waals surface area contributed by atoms with Crippen molar-refractivity contribution in [2.24, 2.45) is 4.99 Å². The summed E-state index contributed by atoms with van der Waals surface area (Å²) in [6.07, 6.45) is 7.01. The van der Waals surface area contributed by atoms with Crippen molar-refractivity contribution in [3.63, 3.8) is 0 Å². The highest BCUT2D eigenvalue weighted by Crippen LogP contribution is 2.15. The van der Waals surface area contributed by atoms with E-state index in [1.807, 2.05) is 6.07 Å². The molecule has 0 aromatic heterocycles. The first-order valence-corrected chi connectivity index (χ1v) is 7.54. The van der Waals surface area contributed by atoms with Gasteiger partial charge >= 0.3 is 0 Å². The number of nitrogens with zero attached hydrogens (tertiary/aromatic N) is 1. The molecular weight excluding hydrogens is 321 g/mol. The Kier molecular flexibility index (Phi) is 5.59. The summed E-state index contributed by atoms with van der Waals surface area (Å²) in [5.41, 5.74) is 0.699. The normalized spacial score (nSPS) is 15.7. The van der Waals surface area contributed by atoms with Gasteiger partial charge in [0, 0.05) is 24.1 Å². The molecule has 1 aliphatic carbocycles. The Bertz CT molecular complexity index is 506. The summed E-state index contributed by atoms with van der Waals surface area (Å²) < 4.78 is 14.5. The summed E-state index contributed by atoms with van der Waals surface area (Å²) >= 11 is 3.36. The van der Waals surface area contributed by atoms with Gasteiger partial charge in [0.15, 0.2) is 5.96 Å². The minimum atomic E-state index is -0.169. The molecule has 0 atom stereocenters. The number of hydrogen-bond acceptors (Lipinski definition) is 1. The van der Waals surface area contributed by atoms with Gasteiger partial charge in [-0.2, -0.15) is 0 Å². The SMILES string of the molecule is CN=C(NCCc1cc(Br)ccc1F)NC1CC=CC1. The molecule has 0 saturated heterocycles. The number of hydrogen-bond donors (Lipinski definition) is 2. The standard InChI is InChI=1S/C15H19BrFN3/c1-18-15(20-13-4-2-3-5-13)19-9-8-11-10-12(16)6-7-14(11)17/h2-3,6-7,10,13H,4-5,8-9H2,1H3,(H2,18,19,20). The Morgan fingerprint density at radius 3 is 2.85 bits per heavy atom. The van der Waals surface area contributed by atoms with Crippen molar-refractivity contribution < 1.29 is 4.39 Å². The summed E-state index contributed by atoms with van der Waals surface area (Å²) in [7, 11) is 1.75. The molecule has 1 aromatic rings. The van der Waals surface area contributed by atoms with Gasteiger partial charge in [0.1, 0.15) is 5.82 Å². The van der Waals surface area contributed by atoms with Gasteiger partial charge < -0.3 is 10.6 Å². The number of halogens is 2. The molecular formula is C15H19BrFN3. The topological polar surface area (TPSA) is 36.4 Å². The third kappa shape index (κ3) is 4.34. The number of benzene rings is 1. The van der Waals surface area contributed by atoms with Crippen LogP contribution >= 0.6 is 15.9 Å². The predicted molar refractivity (Wildman–Crippen MR) is 84.5 cm³/mol. The molecule has 5 heteroatoms. The molecule has 2 rings (SSSR count). The highest BCUT2D eigenvalue weighted by molar-refractivity contribution is 9.10. The van der Waals surface area contributed by atoms with Crippen LogP contribution in [0.25, 0.3) is 0 Å². The number of aliphatic imine (C=N–C) groups is 1. The van der Waals surface area contributed by atoms with Crippen LogP contribution in [0.2, 0.25) is 0 Å². The van der Waals surface area contributed by atoms with Gasteiger partial charge in [-0.1, -0.05) is 28.1 Å². The van der Waals surface area contributed by atoms with Gasteiger partial charge in [-0.25, -0.2) is 4.39 Å². The van der Waals surface area contributed by atoms with Crippen molar-refractivity contribution in [1.82, 2.24) is 10.6 Å². The highest BCUT2D eigenvalue weighted by Gasteiger charge is 2.11. The van der Waals surface area contributed by atoms with Gasteiger partial charge in [-0.15, -0.1) is 0 Å². The lowest BCUT2D eigenvalue weighted by Crippen LogP contribution is -2.43. The number of rotatable bonds is 4. The van der Waals surface area contributed by atoms with E-state index in [4.69, 9.17) is 0 Å². The van der Waals surface area contributed by atoms with Crippen molar-refractivity contribution in [2.45, 2.75) is 25.3 Å². The molecule has 1 aromatic carbocycles. The van der Waals surface area contributed by atoms with E-state index in [0.29, 0.717) is 24.6 Å². The zero-order chi connectivity index (χ0) is 14.4. The molecule has 3 nitrogen and oxygen atoms in total. The van der Waals surface area contributed by atoms with Gasteiger partial charge in [-0.3, -0.25) is 4.99 Å². The van der Waals surface area contributed by atoms with Crippen molar-refractivity contribution in [3.05, 3.63) is 46.2 Å². The van der Waals surface area contributed by atoms with E-state index in [1.165, 1.54) is 6.07 Å². The summed E-state index contributed by atoms with van der Waals surface area (Å²) in [6.45, 7) is 0.646. The molecule has 0 saturated carbocycles. The second-order valence-electron chi connectivity index (χ2n) is 4.77. The molecule has 0 spiro atoms. The monoisotopic (exact) mass is 339 g/mol. The minimum Gasteiger partial charge on any atom is -0.356 e. The lowest BCUT2D eigenvalue weighted by molar-refractivity contribution is 0.603. The largest absolute Gasteiger partial charge is 0.356 e. The van der Waals surface area contributed by atoms with Crippen LogP contribution in [0.3, 0.4) is 0 Å². The first-order chi connectivity index (χ1) is 9.69. The van der Waals surface area contributed by atoms with Gasteiger partial charge in [0.2, 0.25) is 0 Å². The van der Waals surface area contributed by atoms with E-state index in [0.717, 1.165) is 23.3 Å². The summed E-state index contributed by atoms with van der Waals surface area (Å²) in [5.74, 6) is 0.604. The third-order valence-corrected chi connectivity index (χ3v) is 3.76. The molecule has 0 heterocycles. The lowest BCUT2D eigenvalue weighted by Gasteiger charge is -2.17. The number of guanidine groups is 1. The van der Waals surface area contributed by atoms with Crippen LogP contribution in [0.15, 0.2) is 39.8 Å². The molecule has 20 heavy (non-hydrogen) atoms. The Morgan fingerprint density at radius 1 is 1.40 bits per heavy atom. The molecule has 0 aliphatic heterocycles. The van der Waals surface area contributed by atoms with E-state index in [9.17, 15) is 4.39 Å². The quantitative estimate of drug-likeness (QED) is 0.502. The second-order valence-corrected chi connectivity index (χ2v) is 5.68. The Labute approximate surface area is 127 Å². The van der Waals surface area contributed by atoms with Crippen LogP contribution < -0.4 is 10.6 Å². The second kappa shape index (κ2) is 7.43. The van der Waals surface area contributed by atoms with Crippen molar-refractivity contribution in [3.8, 4) is 0 Å². The number of nitrogens with one attached hydrogen (secondary N) is 2. The minimum absolute atomic E-state index is 0.169. The Morgan fingerprint density at radius 2 is 2.15 bits per heavy atom. The van der Waals surface area contributed by atoms with Crippen LogP contribution in [0, 0.1) is 5.82 Å². The summed E-state index contributed by atoms with van der Waals surface area (Å²) in [6, 6.07) is 5.42. The van der Waals surface area contributed by atoms with Crippen LogP contribution in [0.5, 0.6) is 0 Å². The molecule has 0 bridgehead atoms. The van der Waals surface area contributed by atoms with E-state index in [1.54, 1.807) is 13.1 Å². The smallest absolute Gasteiger partial charge is 0.191 e. The lowest BCUT2D eigenvalue weighted by atomic mass is 10.1. The van der Waals surface area contributed by atoms with E-state index >= 15 is 0 Å². The molecule has 108 valence electrons. The summed E-state index contributed by atoms with van der Waals surface area (Å²) in [4.78, 5) is 4.19. The average Bonchev–Trinajstić information content (AvgIpc) is 2.94. The molecule has 0 unspecified atom stereocenters. The predicted octanol–water partition coefficient (Wildman–Crippen LogP) is 3.01. The fourth-order valence-corrected chi connectivity index (χ4v) is 2.58. The van der Waals surface area contributed by atoms with Crippen molar-refractivity contribution in [2.75, 3.05) is 13.6 Å². The first-order valence-electron chi connectivity index (χ1n) is 6.75. The molecule has 0 fully saturated rings. The van der Waals surface area contributed by atoms with Crippen LogP contribution in [-0.2, 0) is 6.42 Å². The summed E-state index contributed by atoms with van der Waals surface area (Å²) in [5, 5.41) is 6.57. The van der Waals surface area contributed by atoms with Gasteiger partial charge in [0.25, 0.3) is 0 Å². The fraction of sp³-hybridized carbons (Fsp3) is 0.400. The maximum Gasteiger partial charge on any atom is 0.191 e. The zero-order valence-electron chi connectivity index (χ0n) is 11.5. The maximum atomic E-state index is 13.6. The molecule has 0 radical (unpaired) electrons. The van der Waals surface area contributed by atoms with Crippen molar-refractivity contribution >= 4 is 21.9 Å². The maximum absolute atomic E-state index is 13.6. The zero-order valence-corrected chi connectivity index (χ0v) is 13.1. The fourth-order valence-electron chi connectivity index (χ4n) is 2.17. The first kappa shape index (κ1) is 15.0. The molecule has 2 N–H and O–H groups in total. The van der Waals surface area contributed by atoms with Gasteiger partial charge in [-0.05, 0) is 43.0 Å². The van der Waals surface area contributed by atoms with E-state index in [-0.39, 0.29) is 5.82 Å². The Hall–Kier alpha value is -1.36. The highest BCUT2D eigenvalue weighted by atomic mass is 79.9. The molecule has 1 aliphatic rings. The molecule has 0 amide bonds. The third-order valence-electron chi connectivity index (χ3n) is 3.27. The van der Waals surface area contributed by atoms with Crippen molar-refractivity contribution in [1.29, 1.82) is 0 Å². The average molecular weight is 340 g/mol. The van der Waals surface area contributed by atoms with Crippen LogP contribution in [0.1, 0.15) is 18.4 Å².